The Morgan fingerprint density at radius 2 is 1.77 bits per heavy atom. The van der Waals surface area contributed by atoms with Crippen molar-refractivity contribution in [2.45, 2.75) is 38.3 Å². The first-order valence-corrected chi connectivity index (χ1v) is 10.9. The number of rotatable bonds is 7. The van der Waals surface area contributed by atoms with Crippen molar-refractivity contribution < 1.29 is 19.1 Å². The van der Waals surface area contributed by atoms with Gasteiger partial charge < -0.3 is 19.7 Å². The molecular weight excluding hydrogens is 418 g/mol. The summed E-state index contributed by atoms with van der Waals surface area (Å²) < 4.78 is 13.1. The van der Waals surface area contributed by atoms with E-state index in [4.69, 9.17) is 21.7 Å². The monoisotopic (exact) mass is 445 g/mol. The molecule has 2 N–H and O–H groups in total. The number of nitrogens with zero attached hydrogens (tertiary/aromatic N) is 3. The average molecular weight is 446 g/mol. The van der Waals surface area contributed by atoms with Crippen LogP contribution in [0, 0.1) is 10.7 Å². The van der Waals surface area contributed by atoms with Gasteiger partial charge in [-0.1, -0.05) is 0 Å². The second-order valence-corrected chi connectivity index (χ2v) is 8.32. The van der Waals surface area contributed by atoms with Gasteiger partial charge in [0.05, 0.1) is 20.8 Å². The van der Waals surface area contributed by atoms with Gasteiger partial charge in [0.15, 0.2) is 10.6 Å². The van der Waals surface area contributed by atoms with Gasteiger partial charge in [-0.2, -0.15) is 5.10 Å². The third-order valence-corrected chi connectivity index (χ3v) is 6.15. The molecule has 1 aromatic carbocycles. The van der Waals surface area contributed by atoms with E-state index in [1.54, 1.807) is 37.3 Å². The minimum atomic E-state index is -0.125. The number of hydrogen-bond donors (Lipinski definition) is 2. The second-order valence-electron chi connectivity index (χ2n) is 7.93. The van der Waals surface area contributed by atoms with Gasteiger partial charge in [0, 0.05) is 36.7 Å². The van der Waals surface area contributed by atoms with Gasteiger partial charge in [0.25, 0.3) is 5.91 Å². The summed E-state index contributed by atoms with van der Waals surface area (Å²) in [5.41, 5.74) is 0.516. The summed E-state index contributed by atoms with van der Waals surface area (Å²) in [6.45, 7) is 1.40. The molecule has 0 spiro atoms. The van der Waals surface area contributed by atoms with Gasteiger partial charge in [0.1, 0.15) is 11.5 Å². The number of H-pyrrole nitrogens is 1. The van der Waals surface area contributed by atoms with E-state index >= 15 is 0 Å². The molecule has 0 bridgehead atoms. The fraction of sp³-hybridized carbons (Fsp3) is 0.524. The Labute approximate surface area is 185 Å². The number of methoxy groups -OCH3 is 2. The zero-order chi connectivity index (χ0) is 22.0. The maximum absolute atomic E-state index is 12.9. The summed E-state index contributed by atoms with van der Waals surface area (Å²) in [6.07, 6.45) is 3.43. The minimum absolute atomic E-state index is 0.00795. The highest BCUT2D eigenvalue weighted by Gasteiger charge is 2.30. The van der Waals surface area contributed by atoms with E-state index < -0.39 is 0 Å². The van der Waals surface area contributed by atoms with Crippen LogP contribution in [0.5, 0.6) is 11.5 Å². The Kier molecular flexibility index (Phi) is 6.26. The van der Waals surface area contributed by atoms with Crippen molar-refractivity contribution in [3.63, 3.8) is 0 Å². The summed E-state index contributed by atoms with van der Waals surface area (Å²) >= 11 is 5.28. The summed E-state index contributed by atoms with van der Waals surface area (Å²) in [5, 5.41) is 10.0. The van der Waals surface area contributed by atoms with Crippen molar-refractivity contribution in [3.8, 4) is 11.5 Å². The van der Waals surface area contributed by atoms with E-state index in [0.29, 0.717) is 60.4 Å². The summed E-state index contributed by atoms with van der Waals surface area (Å²) in [7, 11) is 3.11. The first-order chi connectivity index (χ1) is 15.0. The first-order valence-electron chi connectivity index (χ1n) is 10.5. The normalized spacial score (nSPS) is 16.8. The zero-order valence-electron chi connectivity index (χ0n) is 17.7. The lowest BCUT2D eigenvalue weighted by atomic mass is 9.95. The van der Waals surface area contributed by atoms with Gasteiger partial charge in [-0.15, -0.1) is 0 Å². The van der Waals surface area contributed by atoms with Crippen molar-refractivity contribution in [1.82, 2.24) is 25.0 Å². The highest BCUT2D eigenvalue weighted by Crippen LogP contribution is 2.35. The quantitative estimate of drug-likeness (QED) is 0.635. The first kappa shape index (κ1) is 21.4. The van der Waals surface area contributed by atoms with Crippen LogP contribution in [-0.4, -0.2) is 58.8 Å². The number of carbonyl (C=O) groups excluding carboxylic acids is 2. The van der Waals surface area contributed by atoms with Crippen LogP contribution in [0.25, 0.3) is 0 Å². The fourth-order valence-corrected chi connectivity index (χ4v) is 4.24. The van der Waals surface area contributed by atoms with Crippen LogP contribution in [0.3, 0.4) is 0 Å². The molecule has 2 aliphatic rings. The molecule has 1 aromatic heterocycles. The Hall–Kier alpha value is -2.88. The molecule has 9 nitrogen and oxygen atoms in total. The molecule has 166 valence electrons. The molecule has 2 amide bonds. The molecule has 2 fully saturated rings. The van der Waals surface area contributed by atoms with E-state index in [1.807, 2.05) is 4.57 Å². The lowest BCUT2D eigenvalue weighted by Gasteiger charge is -2.31. The van der Waals surface area contributed by atoms with Gasteiger partial charge in [-0.25, -0.2) is 0 Å². The lowest BCUT2D eigenvalue weighted by molar-refractivity contribution is -0.126. The minimum Gasteiger partial charge on any atom is -0.497 e. The molecule has 31 heavy (non-hydrogen) atoms. The van der Waals surface area contributed by atoms with E-state index in [-0.39, 0.29) is 17.7 Å². The van der Waals surface area contributed by atoms with Crippen LogP contribution in [0.1, 0.15) is 47.9 Å². The topological polar surface area (TPSA) is 101 Å². The molecule has 1 saturated carbocycles. The van der Waals surface area contributed by atoms with E-state index in [9.17, 15) is 9.59 Å². The molecule has 1 saturated heterocycles. The van der Waals surface area contributed by atoms with Crippen LogP contribution < -0.4 is 14.8 Å². The molecule has 0 atom stereocenters. The smallest absolute Gasteiger partial charge is 0.254 e. The molecule has 1 aliphatic heterocycles. The molecule has 4 rings (SSSR count). The van der Waals surface area contributed by atoms with Gasteiger partial charge in [0.2, 0.25) is 5.91 Å². The number of aromatic amines is 1. The SMILES string of the molecule is COc1cc(OC)cc(C(=O)N2CCC(C(=O)NCc3n[nH]c(=S)n3C3CC3)CC2)c1. The van der Waals surface area contributed by atoms with Crippen molar-refractivity contribution >= 4 is 24.0 Å². The van der Waals surface area contributed by atoms with Crippen molar-refractivity contribution in [1.29, 1.82) is 0 Å². The average Bonchev–Trinajstić information content (AvgIpc) is 3.58. The van der Waals surface area contributed by atoms with E-state index in [1.165, 1.54) is 0 Å². The van der Waals surface area contributed by atoms with Crippen molar-refractivity contribution in [2.75, 3.05) is 27.3 Å². The molecule has 0 unspecified atom stereocenters. The predicted octanol–water partition coefficient (Wildman–Crippen LogP) is 2.46. The zero-order valence-corrected chi connectivity index (χ0v) is 18.5. The Morgan fingerprint density at radius 3 is 2.35 bits per heavy atom. The number of hydrogen-bond acceptors (Lipinski definition) is 6. The van der Waals surface area contributed by atoms with E-state index in [2.05, 4.69) is 15.5 Å². The highest BCUT2D eigenvalue weighted by atomic mass is 32.1. The van der Waals surface area contributed by atoms with Crippen molar-refractivity contribution in [3.05, 3.63) is 34.4 Å². The lowest BCUT2D eigenvalue weighted by Crippen LogP contribution is -2.43. The van der Waals surface area contributed by atoms with Crippen molar-refractivity contribution in [2.24, 2.45) is 5.92 Å². The van der Waals surface area contributed by atoms with Crippen LogP contribution in [0.2, 0.25) is 0 Å². The summed E-state index contributed by atoms with van der Waals surface area (Å²) in [6, 6.07) is 5.54. The molecule has 10 heteroatoms. The highest BCUT2D eigenvalue weighted by molar-refractivity contribution is 7.71. The third kappa shape index (κ3) is 4.73. The van der Waals surface area contributed by atoms with Crippen LogP contribution in [0.15, 0.2) is 18.2 Å². The Morgan fingerprint density at radius 1 is 1.13 bits per heavy atom. The number of carbonyl (C=O) groups is 2. The summed E-state index contributed by atoms with van der Waals surface area (Å²) in [4.78, 5) is 27.4. The Balaban J connectivity index is 1.32. The fourth-order valence-electron chi connectivity index (χ4n) is 3.94. The number of amides is 2. The molecular formula is C21H27N5O4S. The maximum Gasteiger partial charge on any atom is 0.254 e. The van der Waals surface area contributed by atoms with Crippen LogP contribution in [-0.2, 0) is 11.3 Å². The van der Waals surface area contributed by atoms with Gasteiger partial charge >= 0.3 is 0 Å². The molecule has 2 aromatic rings. The van der Waals surface area contributed by atoms with Crippen LogP contribution in [0.4, 0.5) is 0 Å². The van der Waals surface area contributed by atoms with Gasteiger partial charge in [-0.3, -0.25) is 19.3 Å². The molecule has 1 aliphatic carbocycles. The summed E-state index contributed by atoms with van der Waals surface area (Å²) in [5.74, 6) is 1.69. The number of nitrogens with one attached hydrogen (secondary N) is 2. The predicted molar refractivity (Wildman–Crippen MR) is 116 cm³/mol. The third-order valence-electron chi connectivity index (χ3n) is 5.86. The Bertz CT molecular complexity index is 999. The van der Waals surface area contributed by atoms with Gasteiger partial charge in [-0.05, 0) is 50.0 Å². The number of likely N-dealkylation sites (tertiary alicyclic amines) is 1. The largest absolute Gasteiger partial charge is 0.497 e. The number of ether oxygens (including phenoxy) is 2. The molecule has 2 heterocycles. The van der Waals surface area contributed by atoms with Crippen LogP contribution >= 0.6 is 12.2 Å². The second kappa shape index (κ2) is 9.09. The standard InChI is InChI=1S/C21H27N5O4S/c1-29-16-9-14(10-17(11-16)30-2)20(28)25-7-5-13(6-8-25)19(27)22-12-18-23-24-21(31)26(18)15-3-4-15/h9-11,13,15H,3-8,12H2,1-2H3,(H,22,27)(H,24,31). The number of benzene rings is 1. The maximum atomic E-state index is 12.9. The molecule has 0 radical (unpaired) electrons. The van der Waals surface area contributed by atoms with E-state index in [0.717, 1.165) is 18.7 Å². The number of piperidine rings is 1. The number of aromatic nitrogens is 3.